The molecule has 0 amide bonds. The quantitative estimate of drug-likeness (QED) is 0.862. The van der Waals surface area contributed by atoms with Gasteiger partial charge in [-0.15, -0.1) is 0 Å². The van der Waals surface area contributed by atoms with Crippen LogP contribution in [0.15, 0.2) is 6.20 Å². The lowest BCUT2D eigenvalue weighted by atomic mass is 10.1. The summed E-state index contributed by atoms with van der Waals surface area (Å²) >= 11 is 2.24. The maximum atomic E-state index is 6.01. The van der Waals surface area contributed by atoms with E-state index in [2.05, 4.69) is 39.5 Å². The number of nitrogens with zero attached hydrogens (tertiary/aromatic N) is 3. The van der Waals surface area contributed by atoms with Gasteiger partial charge in [0, 0.05) is 13.1 Å². The van der Waals surface area contributed by atoms with E-state index in [1.807, 2.05) is 10.9 Å². The predicted molar refractivity (Wildman–Crippen MR) is 74.4 cm³/mol. The maximum Gasteiger partial charge on any atom is 0.135 e. The van der Waals surface area contributed by atoms with E-state index in [9.17, 15) is 0 Å². The van der Waals surface area contributed by atoms with E-state index < -0.39 is 0 Å². The summed E-state index contributed by atoms with van der Waals surface area (Å²) in [5.41, 5.74) is 6.01. The van der Waals surface area contributed by atoms with Crippen molar-refractivity contribution in [3.63, 3.8) is 0 Å². The Balaban J connectivity index is 1.96. The number of nitrogen functional groups attached to an aromatic ring is 1. The van der Waals surface area contributed by atoms with Crippen LogP contribution in [-0.4, -0.2) is 34.3 Å². The molecule has 2 heterocycles. The molecule has 0 aromatic carbocycles. The molecule has 0 saturated carbocycles. The average Bonchev–Trinajstić information content (AvgIpc) is 2.62. The predicted octanol–water partition coefficient (Wildman–Crippen LogP) is 2.12. The summed E-state index contributed by atoms with van der Waals surface area (Å²) in [5.74, 6) is 0.828. The molecule has 0 bridgehead atoms. The molecule has 1 fully saturated rings. The number of aromatic nitrogens is 2. The first-order valence-electron chi connectivity index (χ1n) is 5.93. The molecular formula is C11H19IN4. The topological polar surface area (TPSA) is 47.1 Å². The largest absolute Gasteiger partial charge is 0.383 e. The van der Waals surface area contributed by atoms with Gasteiger partial charge in [-0.05, 0) is 48.4 Å². The summed E-state index contributed by atoms with van der Waals surface area (Å²) in [6.45, 7) is 5.81. The molecule has 0 unspecified atom stereocenters. The fraction of sp³-hybridized carbons (Fsp3) is 0.727. The number of likely N-dealkylation sites (tertiary alicyclic amines) is 1. The Hall–Kier alpha value is -0.300. The highest BCUT2D eigenvalue weighted by Gasteiger charge is 2.22. The second kappa shape index (κ2) is 5.35. The molecule has 0 atom stereocenters. The highest BCUT2D eigenvalue weighted by molar-refractivity contribution is 14.1. The first kappa shape index (κ1) is 12.2. The lowest BCUT2D eigenvalue weighted by Gasteiger charge is -2.32. The van der Waals surface area contributed by atoms with Crippen LogP contribution in [0.4, 0.5) is 5.82 Å². The third kappa shape index (κ3) is 2.51. The third-order valence-electron chi connectivity index (χ3n) is 3.23. The Morgan fingerprint density at radius 1 is 1.50 bits per heavy atom. The van der Waals surface area contributed by atoms with E-state index in [1.165, 1.54) is 38.9 Å². The van der Waals surface area contributed by atoms with Gasteiger partial charge < -0.3 is 10.6 Å². The van der Waals surface area contributed by atoms with E-state index in [0.29, 0.717) is 6.04 Å². The Morgan fingerprint density at radius 3 is 2.69 bits per heavy atom. The minimum atomic E-state index is 0.497. The van der Waals surface area contributed by atoms with Crippen LogP contribution >= 0.6 is 22.6 Å². The van der Waals surface area contributed by atoms with Crippen LogP contribution < -0.4 is 5.73 Å². The van der Waals surface area contributed by atoms with Gasteiger partial charge in [-0.25, -0.2) is 4.68 Å². The Morgan fingerprint density at radius 2 is 2.19 bits per heavy atom. The average molecular weight is 334 g/mol. The first-order valence-corrected chi connectivity index (χ1v) is 7.01. The van der Waals surface area contributed by atoms with E-state index in [-0.39, 0.29) is 0 Å². The monoisotopic (exact) mass is 334 g/mol. The van der Waals surface area contributed by atoms with Crippen LogP contribution in [0.1, 0.15) is 32.2 Å². The summed E-state index contributed by atoms with van der Waals surface area (Å²) in [4.78, 5) is 2.53. The van der Waals surface area contributed by atoms with Gasteiger partial charge in [0.1, 0.15) is 5.82 Å². The van der Waals surface area contributed by atoms with Gasteiger partial charge in [0.15, 0.2) is 0 Å². The molecule has 2 N–H and O–H groups in total. The van der Waals surface area contributed by atoms with Gasteiger partial charge in [0.05, 0.1) is 15.8 Å². The summed E-state index contributed by atoms with van der Waals surface area (Å²) in [5, 5.41) is 4.38. The van der Waals surface area contributed by atoms with Crippen LogP contribution in [0, 0.1) is 3.57 Å². The molecule has 1 aromatic heterocycles. The van der Waals surface area contributed by atoms with Crippen LogP contribution in [0.3, 0.4) is 0 Å². The van der Waals surface area contributed by atoms with Crippen molar-refractivity contribution in [2.45, 2.75) is 32.2 Å². The molecule has 1 aromatic rings. The molecule has 2 rings (SSSR count). The van der Waals surface area contributed by atoms with Gasteiger partial charge in [0.25, 0.3) is 0 Å². The smallest absolute Gasteiger partial charge is 0.135 e. The van der Waals surface area contributed by atoms with E-state index >= 15 is 0 Å². The van der Waals surface area contributed by atoms with Crippen molar-refractivity contribution in [3.05, 3.63) is 9.77 Å². The number of piperidine rings is 1. The van der Waals surface area contributed by atoms with Crippen molar-refractivity contribution >= 4 is 28.4 Å². The number of hydrogen-bond acceptors (Lipinski definition) is 3. The maximum absolute atomic E-state index is 6.01. The molecular weight excluding hydrogens is 315 g/mol. The SMILES string of the molecule is CCCN1CCC(n2ncc(I)c2N)CC1. The molecule has 90 valence electrons. The van der Waals surface area contributed by atoms with Gasteiger partial charge in [-0.2, -0.15) is 5.10 Å². The van der Waals surface area contributed by atoms with Crippen LogP contribution in [-0.2, 0) is 0 Å². The van der Waals surface area contributed by atoms with Gasteiger partial charge in [-0.3, -0.25) is 0 Å². The Labute approximate surface area is 110 Å². The molecule has 0 aliphatic carbocycles. The molecule has 1 saturated heterocycles. The summed E-state index contributed by atoms with van der Waals surface area (Å²) < 4.78 is 3.07. The molecule has 4 nitrogen and oxygen atoms in total. The molecule has 5 heteroatoms. The highest BCUT2D eigenvalue weighted by atomic mass is 127. The zero-order valence-corrected chi connectivity index (χ0v) is 11.9. The fourth-order valence-corrected chi connectivity index (χ4v) is 2.72. The summed E-state index contributed by atoms with van der Waals surface area (Å²) in [7, 11) is 0. The highest BCUT2D eigenvalue weighted by Crippen LogP contribution is 2.26. The first-order chi connectivity index (χ1) is 7.72. The zero-order chi connectivity index (χ0) is 11.5. The lowest BCUT2D eigenvalue weighted by Crippen LogP contribution is -2.35. The van der Waals surface area contributed by atoms with Crippen molar-refractivity contribution < 1.29 is 0 Å². The van der Waals surface area contributed by atoms with Crippen LogP contribution in [0.2, 0.25) is 0 Å². The molecule has 0 radical (unpaired) electrons. The fourth-order valence-electron chi connectivity index (χ4n) is 2.35. The number of anilines is 1. The van der Waals surface area contributed by atoms with Crippen molar-refractivity contribution in [3.8, 4) is 0 Å². The minimum Gasteiger partial charge on any atom is -0.383 e. The van der Waals surface area contributed by atoms with Crippen molar-refractivity contribution in [2.75, 3.05) is 25.4 Å². The molecule has 0 spiro atoms. The third-order valence-corrected chi connectivity index (χ3v) is 4.06. The standard InChI is InChI=1S/C11H19IN4/c1-2-5-15-6-3-9(4-7-15)16-11(13)10(12)8-14-16/h8-9H,2-7,13H2,1H3. The van der Waals surface area contributed by atoms with E-state index in [1.54, 1.807) is 0 Å². The Bertz CT molecular complexity index is 342. The number of hydrogen-bond donors (Lipinski definition) is 1. The summed E-state index contributed by atoms with van der Waals surface area (Å²) in [6, 6.07) is 0.497. The second-order valence-corrected chi connectivity index (χ2v) is 5.56. The lowest BCUT2D eigenvalue weighted by molar-refractivity contribution is 0.181. The van der Waals surface area contributed by atoms with E-state index in [4.69, 9.17) is 5.73 Å². The zero-order valence-electron chi connectivity index (χ0n) is 9.69. The van der Waals surface area contributed by atoms with Gasteiger partial charge in [-0.1, -0.05) is 6.92 Å². The minimum absolute atomic E-state index is 0.497. The van der Waals surface area contributed by atoms with Crippen molar-refractivity contribution in [1.82, 2.24) is 14.7 Å². The normalized spacial score (nSPS) is 19.1. The number of halogens is 1. The van der Waals surface area contributed by atoms with Crippen molar-refractivity contribution in [1.29, 1.82) is 0 Å². The van der Waals surface area contributed by atoms with Crippen molar-refractivity contribution in [2.24, 2.45) is 0 Å². The Kier molecular flexibility index (Phi) is 4.07. The summed E-state index contributed by atoms with van der Waals surface area (Å²) in [6.07, 6.45) is 5.44. The molecule has 1 aliphatic heterocycles. The second-order valence-electron chi connectivity index (χ2n) is 4.40. The van der Waals surface area contributed by atoms with Gasteiger partial charge in [0.2, 0.25) is 0 Å². The molecule has 1 aliphatic rings. The van der Waals surface area contributed by atoms with Crippen LogP contribution in [0.5, 0.6) is 0 Å². The molecule has 16 heavy (non-hydrogen) atoms. The van der Waals surface area contributed by atoms with Crippen LogP contribution in [0.25, 0.3) is 0 Å². The van der Waals surface area contributed by atoms with Gasteiger partial charge >= 0.3 is 0 Å². The van der Waals surface area contributed by atoms with E-state index in [0.717, 1.165) is 9.39 Å². The number of rotatable bonds is 3. The number of nitrogens with two attached hydrogens (primary N) is 1.